The normalized spacial score (nSPS) is 16.5. The third kappa shape index (κ3) is 3.19. The molecule has 2 atom stereocenters. The zero-order chi connectivity index (χ0) is 30.3. The van der Waals surface area contributed by atoms with Gasteiger partial charge in [-0.05, 0) is 105 Å². The maximum atomic E-state index is 13.8. The van der Waals surface area contributed by atoms with Crippen LogP contribution in [0.3, 0.4) is 0 Å². The average Bonchev–Trinajstić information content (AvgIpc) is 3.04. The lowest BCUT2D eigenvalue weighted by atomic mass is 9.85. The Labute approximate surface area is 261 Å². The van der Waals surface area contributed by atoms with Crippen molar-refractivity contribution in [3.8, 4) is 0 Å². The predicted molar refractivity (Wildman–Crippen MR) is 183 cm³/mol. The van der Waals surface area contributed by atoms with Gasteiger partial charge >= 0.3 is 0 Å². The number of fused-ring (bicyclic) bond motifs is 8. The molecule has 0 heterocycles. The molecule has 8 aromatic carbocycles. The first-order valence-corrected chi connectivity index (χ1v) is 15.6. The molecule has 0 aromatic heterocycles. The van der Waals surface area contributed by atoms with Crippen molar-refractivity contribution in [2.45, 2.75) is 9.65 Å². The molecule has 0 saturated carbocycles. The highest BCUT2D eigenvalue weighted by Crippen LogP contribution is 2.54. The van der Waals surface area contributed by atoms with Crippen molar-refractivity contribution >= 4 is 107 Å². The van der Waals surface area contributed by atoms with Gasteiger partial charge in [-0.2, -0.15) is 0 Å². The zero-order valence-electron chi connectivity index (χ0n) is 22.3. The Balaban J connectivity index is 1.37. The molecule has 8 aromatic rings. The minimum atomic E-state index is -0.365. The molecule has 0 amide bonds. The Bertz CT molecular complexity index is 2850. The molecule has 6 nitrogen and oxygen atoms in total. The van der Waals surface area contributed by atoms with Crippen molar-refractivity contribution < 1.29 is 0 Å². The van der Waals surface area contributed by atoms with Crippen LogP contribution in [0.4, 0.5) is 0 Å². The van der Waals surface area contributed by atoms with Gasteiger partial charge in [0.25, 0.3) is 0 Å². The van der Waals surface area contributed by atoms with Gasteiger partial charge in [-0.15, -0.1) is 0 Å². The van der Waals surface area contributed by atoms with Crippen LogP contribution in [0.5, 0.6) is 0 Å². The summed E-state index contributed by atoms with van der Waals surface area (Å²) in [6.45, 7) is 0. The van der Waals surface area contributed by atoms with Crippen molar-refractivity contribution in [1.29, 1.82) is 0 Å². The van der Waals surface area contributed by atoms with Crippen LogP contribution in [0.15, 0.2) is 102 Å². The van der Waals surface area contributed by atoms with Crippen molar-refractivity contribution in [3.05, 3.63) is 145 Å². The summed E-state index contributed by atoms with van der Waals surface area (Å²) in [5, 5.41) is 4.78. The second-order valence-corrected chi connectivity index (χ2v) is 13.5. The third-order valence-corrected chi connectivity index (χ3v) is 11.9. The lowest BCUT2D eigenvalue weighted by Gasteiger charge is -2.32. The number of hydrogen-bond donors (Lipinski definition) is 0. The molecule has 0 aliphatic heterocycles. The fourth-order valence-corrected chi connectivity index (χ4v) is 8.21. The molecule has 0 spiro atoms. The molecule has 9 rings (SSSR count). The summed E-state index contributed by atoms with van der Waals surface area (Å²) >= 11 is 7.22. The van der Waals surface area contributed by atoms with Crippen LogP contribution in [-0.2, 0) is 0 Å². The summed E-state index contributed by atoms with van der Waals surface area (Å²) in [5.74, 6) is 0. The van der Waals surface area contributed by atoms with Crippen molar-refractivity contribution in [2.24, 2.45) is 0 Å². The molecule has 0 fully saturated rings. The summed E-state index contributed by atoms with van der Waals surface area (Å²) < 4.78 is 0. The molecule has 0 saturated heterocycles. The predicted octanol–water partition coefficient (Wildman–Crippen LogP) is 6.12. The van der Waals surface area contributed by atoms with Gasteiger partial charge in [-0.1, -0.05) is 31.9 Å². The fraction of sp³-hybridized carbons (Fsp3) is 0.0556. The molecule has 0 N–H and O–H groups in total. The van der Waals surface area contributed by atoms with Crippen molar-refractivity contribution in [2.75, 3.05) is 0 Å². The van der Waals surface area contributed by atoms with E-state index in [9.17, 15) is 28.8 Å². The van der Waals surface area contributed by atoms with E-state index >= 15 is 0 Å². The van der Waals surface area contributed by atoms with Gasteiger partial charge in [-0.3, -0.25) is 28.8 Å². The number of alkyl halides is 2. The van der Waals surface area contributed by atoms with E-state index < -0.39 is 0 Å². The zero-order valence-corrected chi connectivity index (χ0v) is 25.5. The van der Waals surface area contributed by atoms with E-state index in [0.29, 0.717) is 32.3 Å². The Morgan fingerprint density at radius 1 is 0.341 bits per heavy atom. The third-order valence-electron chi connectivity index (χ3n) is 9.17. The van der Waals surface area contributed by atoms with Gasteiger partial charge < -0.3 is 0 Å². The standard InChI is InChI=1S/C36H14Br2O6/c37-31-19-11-27-28(12-20(19)32(31)38)36(44)26-10-16-8-24-23(7-15(16)9-25(26)35(27)43)33(41)21-5-13-3-17-18(30(40)2-1-29(17)39)4-14(13)6-22(21)34(24)42/h1-12,31-32H/t31-,32-/m1/s1. The molecular weight excluding hydrogens is 688 g/mol. The Morgan fingerprint density at radius 3 is 0.841 bits per heavy atom. The molecular formula is C36H14Br2O6. The van der Waals surface area contributed by atoms with Gasteiger partial charge in [0.15, 0.2) is 32.6 Å². The van der Waals surface area contributed by atoms with E-state index in [0.717, 1.165) is 11.1 Å². The van der Waals surface area contributed by atoms with Crippen LogP contribution in [0.2, 0.25) is 0 Å². The Morgan fingerprint density at radius 2 is 0.568 bits per heavy atom. The average molecular weight is 702 g/mol. The molecule has 8 heteroatoms. The molecule has 208 valence electrons. The minimum Gasteiger partial charge on any atom is -0.289 e. The monoisotopic (exact) mass is 700 g/mol. The number of rotatable bonds is 0. The molecule has 0 bridgehead atoms. The molecule has 44 heavy (non-hydrogen) atoms. The maximum Gasteiger partial charge on any atom is 0.194 e. The van der Waals surface area contributed by atoms with Gasteiger partial charge in [0.2, 0.25) is 0 Å². The summed E-state index contributed by atoms with van der Waals surface area (Å²) in [5.41, 5.74) is 0.0740. The number of benzene rings is 8. The second kappa shape index (κ2) is 8.49. The van der Waals surface area contributed by atoms with Gasteiger partial charge in [0.1, 0.15) is 0 Å². The fourth-order valence-electron chi connectivity index (χ4n) is 6.85. The molecule has 1 aliphatic rings. The van der Waals surface area contributed by atoms with Gasteiger partial charge in [0.05, 0.1) is 9.65 Å². The van der Waals surface area contributed by atoms with Crippen LogP contribution >= 0.6 is 31.9 Å². The van der Waals surface area contributed by atoms with Crippen LogP contribution < -0.4 is 32.6 Å². The van der Waals surface area contributed by atoms with Gasteiger partial charge in [-0.25, -0.2) is 0 Å². The van der Waals surface area contributed by atoms with Gasteiger partial charge in [0, 0.05) is 53.9 Å². The van der Waals surface area contributed by atoms with Crippen LogP contribution in [0.1, 0.15) is 20.8 Å². The van der Waals surface area contributed by atoms with Crippen molar-refractivity contribution in [3.63, 3.8) is 0 Å². The first kappa shape index (κ1) is 25.8. The first-order valence-electron chi connectivity index (χ1n) is 13.8. The van der Waals surface area contributed by atoms with E-state index in [1.165, 1.54) is 12.1 Å². The van der Waals surface area contributed by atoms with E-state index in [2.05, 4.69) is 31.9 Å². The van der Waals surface area contributed by atoms with E-state index in [1.54, 1.807) is 60.7 Å². The van der Waals surface area contributed by atoms with E-state index in [4.69, 9.17) is 0 Å². The SMILES string of the molecule is O=c1ccc(=O)c2cc3cc4c(=O)c5cc6cc7c(=O)c8cc9c(cc8c(=O)c7cc6cc5c(=O)c4cc3cc12)[C@@H](Br)[C@@H]9Br. The lowest BCUT2D eigenvalue weighted by Crippen LogP contribution is -2.19. The smallest absolute Gasteiger partial charge is 0.194 e. The topological polar surface area (TPSA) is 102 Å². The lowest BCUT2D eigenvalue weighted by molar-refractivity contribution is 0.824. The van der Waals surface area contributed by atoms with E-state index in [1.807, 2.05) is 0 Å². The second-order valence-electron chi connectivity index (χ2n) is 11.5. The number of halogens is 2. The van der Waals surface area contributed by atoms with E-state index in [-0.39, 0.29) is 85.3 Å². The molecule has 0 unspecified atom stereocenters. The Kier molecular flexibility index (Phi) is 4.98. The molecule has 0 radical (unpaired) electrons. The maximum absolute atomic E-state index is 13.8. The first-order chi connectivity index (χ1) is 21.1. The van der Waals surface area contributed by atoms with Crippen LogP contribution in [0.25, 0.3) is 75.4 Å². The summed E-state index contributed by atoms with van der Waals surface area (Å²) in [7, 11) is 0. The Hall–Kier alpha value is -4.66. The summed E-state index contributed by atoms with van der Waals surface area (Å²) in [4.78, 5) is 80.0. The van der Waals surface area contributed by atoms with Crippen molar-refractivity contribution in [1.82, 2.24) is 0 Å². The highest BCUT2D eigenvalue weighted by molar-refractivity contribution is 9.12. The largest absolute Gasteiger partial charge is 0.289 e. The quantitative estimate of drug-likeness (QED) is 0.140. The minimum absolute atomic E-state index is 0.0454. The summed E-state index contributed by atoms with van der Waals surface area (Å²) in [6, 6.07) is 18.8. The van der Waals surface area contributed by atoms with Crippen LogP contribution in [0, 0.1) is 0 Å². The highest BCUT2D eigenvalue weighted by Gasteiger charge is 2.34. The molecule has 1 aliphatic carbocycles. The highest BCUT2D eigenvalue weighted by atomic mass is 79.9. The summed E-state index contributed by atoms with van der Waals surface area (Å²) in [6.07, 6.45) is 0. The number of hydrogen-bond acceptors (Lipinski definition) is 6. The van der Waals surface area contributed by atoms with Crippen LogP contribution in [-0.4, -0.2) is 0 Å².